The predicted molar refractivity (Wildman–Crippen MR) is 77.6 cm³/mol. The van der Waals surface area contributed by atoms with Crippen LogP contribution in [0.15, 0.2) is 29.0 Å². The number of thiophene rings is 2. The Hall–Kier alpha value is -0.680. The van der Waals surface area contributed by atoms with Crippen molar-refractivity contribution in [3.05, 3.63) is 44.3 Å². The van der Waals surface area contributed by atoms with Crippen LogP contribution in [0.2, 0.25) is 0 Å². The van der Waals surface area contributed by atoms with Gasteiger partial charge in [0, 0.05) is 30.0 Å². The smallest absolute Gasteiger partial charge is 0.0707 e. The third kappa shape index (κ3) is 2.26. The molecule has 0 saturated heterocycles. The molecule has 0 aromatic carbocycles. The van der Waals surface area contributed by atoms with Crippen LogP contribution in [-0.4, -0.2) is 31.7 Å². The first kappa shape index (κ1) is 12.4. The predicted octanol–water partition coefficient (Wildman–Crippen LogP) is 3.40. The van der Waals surface area contributed by atoms with Gasteiger partial charge in [0.1, 0.15) is 0 Å². The van der Waals surface area contributed by atoms with Gasteiger partial charge in [0.25, 0.3) is 0 Å². The zero-order chi connectivity index (χ0) is 12.4. The molecule has 0 saturated carbocycles. The topological polar surface area (TPSA) is 12.5 Å². The lowest BCUT2D eigenvalue weighted by atomic mass is 9.98. The lowest BCUT2D eigenvalue weighted by molar-refractivity contribution is 0.127. The van der Waals surface area contributed by atoms with Gasteiger partial charge in [0.05, 0.1) is 12.6 Å². The monoisotopic (exact) mass is 279 g/mol. The van der Waals surface area contributed by atoms with E-state index in [2.05, 4.69) is 33.9 Å². The lowest BCUT2D eigenvalue weighted by Crippen LogP contribution is -2.37. The summed E-state index contributed by atoms with van der Waals surface area (Å²) in [7, 11) is 1.78. The number of rotatable bonds is 4. The molecular formula is C14H17NOS2. The largest absolute Gasteiger partial charge is 0.383 e. The van der Waals surface area contributed by atoms with E-state index in [1.165, 1.54) is 16.9 Å². The number of hydrogen-bond donors (Lipinski definition) is 0. The summed E-state index contributed by atoms with van der Waals surface area (Å²) in [4.78, 5) is 5.55. The third-order valence-electron chi connectivity index (χ3n) is 3.46. The molecule has 3 heterocycles. The highest BCUT2D eigenvalue weighted by Crippen LogP contribution is 2.39. The summed E-state index contributed by atoms with van der Waals surface area (Å²) in [5, 5.41) is 4.40. The van der Waals surface area contributed by atoms with Crippen molar-refractivity contribution in [3.63, 3.8) is 0 Å². The van der Waals surface area contributed by atoms with Gasteiger partial charge in [-0.1, -0.05) is 6.07 Å². The minimum atomic E-state index is 0.440. The van der Waals surface area contributed by atoms with Gasteiger partial charge >= 0.3 is 0 Å². The summed E-state index contributed by atoms with van der Waals surface area (Å²) in [6.45, 7) is 2.95. The second kappa shape index (κ2) is 5.53. The van der Waals surface area contributed by atoms with Crippen LogP contribution < -0.4 is 0 Å². The van der Waals surface area contributed by atoms with Gasteiger partial charge in [-0.15, -0.1) is 22.7 Å². The van der Waals surface area contributed by atoms with E-state index in [1.807, 2.05) is 22.7 Å². The first-order valence-electron chi connectivity index (χ1n) is 6.23. The average molecular weight is 279 g/mol. The maximum absolute atomic E-state index is 5.24. The Morgan fingerprint density at radius 2 is 2.28 bits per heavy atom. The van der Waals surface area contributed by atoms with E-state index in [0.717, 1.165) is 19.7 Å². The molecule has 18 heavy (non-hydrogen) atoms. The highest BCUT2D eigenvalue weighted by atomic mass is 32.1. The first-order chi connectivity index (χ1) is 8.90. The van der Waals surface area contributed by atoms with Crippen LogP contribution in [-0.2, 0) is 11.2 Å². The van der Waals surface area contributed by atoms with E-state index in [1.54, 1.807) is 12.0 Å². The molecule has 3 rings (SSSR count). The van der Waals surface area contributed by atoms with Crippen molar-refractivity contribution in [2.45, 2.75) is 12.5 Å². The molecular weight excluding hydrogens is 262 g/mol. The van der Waals surface area contributed by atoms with Crippen LogP contribution in [0.25, 0.3) is 0 Å². The van der Waals surface area contributed by atoms with Crippen LogP contribution in [0.3, 0.4) is 0 Å². The van der Waals surface area contributed by atoms with Gasteiger partial charge in [0.15, 0.2) is 0 Å². The molecule has 0 N–H and O–H groups in total. The Morgan fingerprint density at radius 3 is 3.06 bits per heavy atom. The van der Waals surface area contributed by atoms with Crippen molar-refractivity contribution in [2.24, 2.45) is 0 Å². The molecule has 1 aliphatic heterocycles. The summed E-state index contributed by atoms with van der Waals surface area (Å²) in [6.07, 6.45) is 1.18. The SMILES string of the molecule is COCCN1CCc2sccc2C1c1cccs1. The number of hydrogen-bond acceptors (Lipinski definition) is 4. The summed E-state index contributed by atoms with van der Waals surface area (Å²) >= 11 is 3.75. The van der Waals surface area contributed by atoms with Crippen LogP contribution in [0.4, 0.5) is 0 Å². The molecule has 1 aliphatic rings. The van der Waals surface area contributed by atoms with Gasteiger partial charge in [-0.25, -0.2) is 0 Å². The molecule has 0 bridgehead atoms. The van der Waals surface area contributed by atoms with Gasteiger partial charge in [-0.3, -0.25) is 4.90 Å². The summed E-state index contributed by atoms with van der Waals surface area (Å²) in [6, 6.07) is 7.13. The Kier molecular flexibility index (Phi) is 3.80. The molecule has 2 aromatic heterocycles. The van der Waals surface area contributed by atoms with E-state index in [-0.39, 0.29) is 0 Å². The molecule has 4 heteroatoms. The molecule has 1 unspecified atom stereocenters. The molecule has 0 fully saturated rings. The number of nitrogens with zero attached hydrogens (tertiary/aromatic N) is 1. The fraction of sp³-hybridized carbons (Fsp3) is 0.429. The van der Waals surface area contributed by atoms with Crippen LogP contribution in [0.1, 0.15) is 21.4 Å². The summed E-state index contributed by atoms with van der Waals surface area (Å²) in [5.41, 5.74) is 1.50. The summed E-state index contributed by atoms with van der Waals surface area (Å²) in [5.74, 6) is 0. The van der Waals surface area contributed by atoms with E-state index < -0.39 is 0 Å². The number of ether oxygens (including phenoxy) is 1. The summed E-state index contributed by atoms with van der Waals surface area (Å²) < 4.78 is 5.24. The van der Waals surface area contributed by atoms with E-state index in [9.17, 15) is 0 Å². The molecule has 0 radical (unpaired) electrons. The maximum Gasteiger partial charge on any atom is 0.0707 e. The van der Waals surface area contributed by atoms with Crippen LogP contribution in [0.5, 0.6) is 0 Å². The van der Waals surface area contributed by atoms with E-state index in [0.29, 0.717) is 6.04 Å². The second-order valence-corrected chi connectivity index (χ2v) is 6.48. The quantitative estimate of drug-likeness (QED) is 0.850. The molecule has 2 aromatic rings. The maximum atomic E-state index is 5.24. The zero-order valence-corrected chi connectivity index (χ0v) is 12.1. The molecule has 2 nitrogen and oxygen atoms in total. The minimum Gasteiger partial charge on any atom is -0.383 e. The first-order valence-corrected chi connectivity index (χ1v) is 7.98. The average Bonchev–Trinajstić information content (AvgIpc) is 3.06. The standard InChI is InChI=1S/C14H17NOS2/c1-16-8-7-15-6-4-12-11(5-10-18-12)14(15)13-3-2-9-17-13/h2-3,5,9-10,14H,4,6-8H2,1H3. The molecule has 1 atom stereocenters. The van der Waals surface area contributed by atoms with Crippen LogP contribution >= 0.6 is 22.7 Å². The van der Waals surface area contributed by atoms with Gasteiger partial charge in [-0.2, -0.15) is 0 Å². The zero-order valence-electron chi connectivity index (χ0n) is 10.5. The van der Waals surface area contributed by atoms with Gasteiger partial charge < -0.3 is 4.74 Å². The molecule has 0 amide bonds. The second-order valence-electron chi connectivity index (χ2n) is 4.50. The van der Waals surface area contributed by atoms with Crippen molar-refractivity contribution in [1.29, 1.82) is 0 Å². The Balaban J connectivity index is 1.92. The fourth-order valence-electron chi connectivity index (χ4n) is 2.60. The highest BCUT2D eigenvalue weighted by Gasteiger charge is 2.29. The fourth-order valence-corrected chi connectivity index (χ4v) is 4.38. The van der Waals surface area contributed by atoms with Gasteiger partial charge in [-0.05, 0) is 34.9 Å². The van der Waals surface area contributed by atoms with E-state index >= 15 is 0 Å². The van der Waals surface area contributed by atoms with Crippen molar-refractivity contribution in [2.75, 3.05) is 26.8 Å². The van der Waals surface area contributed by atoms with Gasteiger partial charge in [0.2, 0.25) is 0 Å². The van der Waals surface area contributed by atoms with E-state index in [4.69, 9.17) is 4.74 Å². The Morgan fingerprint density at radius 1 is 1.33 bits per heavy atom. The molecule has 96 valence electrons. The Bertz CT molecular complexity index is 492. The third-order valence-corrected chi connectivity index (χ3v) is 5.38. The molecule has 0 spiro atoms. The highest BCUT2D eigenvalue weighted by molar-refractivity contribution is 7.10. The van der Waals surface area contributed by atoms with Crippen molar-refractivity contribution < 1.29 is 4.74 Å². The number of fused-ring (bicyclic) bond motifs is 1. The van der Waals surface area contributed by atoms with Crippen molar-refractivity contribution in [3.8, 4) is 0 Å². The Labute approximate surface area is 116 Å². The molecule has 0 aliphatic carbocycles. The minimum absolute atomic E-state index is 0.440. The van der Waals surface area contributed by atoms with Crippen LogP contribution in [0, 0.1) is 0 Å². The van der Waals surface area contributed by atoms with Crippen molar-refractivity contribution in [1.82, 2.24) is 4.90 Å². The number of methoxy groups -OCH3 is 1. The normalized spacial score (nSPS) is 19.9. The van der Waals surface area contributed by atoms with Crippen molar-refractivity contribution >= 4 is 22.7 Å². The lowest BCUT2D eigenvalue weighted by Gasteiger charge is -2.35.